The molecule has 0 amide bonds. The smallest absolute Gasteiger partial charge is 0.283 e. The Bertz CT molecular complexity index is 1220. The third kappa shape index (κ3) is 2.80. The predicted octanol–water partition coefficient (Wildman–Crippen LogP) is 4.81. The maximum atomic E-state index is 9.32. The molecule has 0 saturated carbocycles. The van der Waals surface area contributed by atoms with Gasteiger partial charge in [0.1, 0.15) is 35.7 Å². The van der Waals surface area contributed by atoms with E-state index in [9.17, 15) is 5.26 Å². The monoisotopic (exact) mass is 447 g/mol. The van der Waals surface area contributed by atoms with E-state index in [0.29, 0.717) is 28.6 Å². The summed E-state index contributed by atoms with van der Waals surface area (Å²) in [4.78, 5) is 4.65. The minimum Gasteiger partial charge on any atom is -0.462 e. The summed E-state index contributed by atoms with van der Waals surface area (Å²) in [6, 6.07) is 20.6. The van der Waals surface area contributed by atoms with Gasteiger partial charge in [0, 0.05) is 15.6 Å². The van der Waals surface area contributed by atoms with Crippen molar-refractivity contribution in [1.29, 1.82) is 5.26 Å². The van der Waals surface area contributed by atoms with Crippen LogP contribution in [0.25, 0.3) is 0 Å². The van der Waals surface area contributed by atoms with Gasteiger partial charge < -0.3 is 19.9 Å². The van der Waals surface area contributed by atoms with Gasteiger partial charge in [0.05, 0.1) is 5.56 Å². The lowest BCUT2D eigenvalue weighted by Crippen LogP contribution is -2.31. The molecule has 2 N–H and O–H groups in total. The van der Waals surface area contributed by atoms with E-state index in [-0.39, 0.29) is 12.6 Å². The van der Waals surface area contributed by atoms with Gasteiger partial charge in [0.25, 0.3) is 6.02 Å². The number of para-hydroxylation sites is 1. The maximum Gasteiger partial charge on any atom is 0.283 e. The molecule has 0 fully saturated rings. The molecular weight excluding hydrogens is 434 g/mol. The fourth-order valence-corrected chi connectivity index (χ4v) is 4.01. The Morgan fingerprint density at radius 1 is 1.07 bits per heavy atom. The molecule has 6 nitrogen and oxygen atoms in total. The van der Waals surface area contributed by atoms with E-state index >= 15 is 0 Å². The quantitative estimate of drug-likeness (QED) is 0.608. The molecule has 2 aliphatic rings. The van der Waals surface area contributed by atoms with Crippen molar-refractivity contribution < 1.29 is 14.2 Å². The number of nitrogens with two attached hydrogens (primary N) is 1. The summed E-state index contributed by atoms with van der Waals surface area (Å²) < 4.78 is 18.6. The highest BCUT2D eigenvalue weighted by atomic mass is 79.9. The van der Waals surface area contributed by atoms with Gasteiger partial charge in [0.2, 0.25) is 0 Å². The second kappa shape index (κ2) is 6.54. The lowest BCUT2D eigenvalue weighted by molar-refractivity contribution is 0.264. The first-order valence-electron chi connectivity index (χ1n) is 8.86. The van der Waals surface area contributed by atoms with Crippen LogP contribution in [-0.2, 0) is 10.3 Å². The molecule has 0 radical (unpaired) electrons. The molecule has 1 spiro atoms. The zero-order valence-corrected chi connectivity index (χ0v) is 16.6. The number of nitriles is 1. The van der Waals surface area contributed by atoms with Crippen LogP contribution in [0.1, 0.15) is 16.7 Å². The van der Waals surface area contributed by atoms with Crippen molar-refractivity contribution in [3.63, 3.8) is 0 Å². The molecule has 0 saturated heterocycles. The summed E-state index contributed by atoms with van der Waals surface area (Å²) in [5.74, 6) is 2.40. The van der Waals surface area contributed by atoms with Crippen LogP contribution in [0.5, 0.6) is 23.0 Å². The van der Waals surface area contributed by atoms with Crippen molar-refractivity contribution in [3.05, 3.63) is 81.8 Å². The van der Waals surface area contributed by atoms with Gasteiger partial charge >= 0.3 is 0 Å². The third-order valence-electron chi connectivity index (χ3n) is 4.97. The van der Waals surface area contributed by atoms with Crippen LogP contribution < -0.4 is 15.2 Å². The Hall–Kier alpha value is -3.50. The van der Waals surface area contributed by atoms with Gasteiger partial charge in [-0.3, -0.25) is 0 Å². The van der Waals surface area contributed by atoms with E-state index in [1.54, 1.807) is 24.3 Å². The van der Waals surface area contributed by atoms with Crippen LogP contribution in [0, 0.1) is 11.3 Å². The number of amidine groups is 1. The number of aliphatic imine (C=N–C) groups is 1. The molecule has 1 unspecified atom stereocenters. The first-order chi connectivity index (χ1) is 14.1. The van der Waals surface area contributed by atoms with E-state index in [2.05, 4.69) is 27.0 Å². The number of benzene rings is 3. The number of hydrogen-bond donors (Lipinski definition) is 1. The summed E-state index contributed by atoms with van der Waals surface area (Å²) in [7, 11) is 0. The van der Waals surface area contributed by atoms with Gasteiger partial charge in [-0.2, -0.15) is 5.26 Å². The fraction of sp³-hybridized carbons (Fsp3) is 0.0909. The van der Waals surface area contributed by atoms with E-state index in [1.807, 2.05) is 36.4 Å². The van der Waals surface area contributed by atoms with Crippen molar-refractivity contribution in [1.82, 2.24) is 0 Å². The van der Waals surface area contributed by atoms with E-state index in [0.717, 1.165) is 15.6 Å². The minimum atomic E-state index is -0.828. The Morgan fingerprint density at radius 2 is 1.83 bits per heavy atom. The van der Waals surface area contributed by atoms with E-state index in [4.69, 9.17) is 19.9 Å². The van der Waals surface area contributed by atoms with Crippen LogP contribution in [0.15, 0.2) is 70.1 Å². The van der Waals surface area contributed by atoms with Crippen LogP contribution in [0.4, 0.5) is 0 Å². The molecular formula is C22H14BrN3O3. The lowest BCUT2D eigenvalue weighted by Gasteiger charge is -2.33. The average Bonchev–Trinajstić information content (AvgIpc) is 3.12. The molecule has 0 bridgehead atoms. The second-order valence-electron chi connectivity index (χ2n) is 6.71. The molecule has 29 heavy (non-hydrogen) atoms. The fourth-order valence-electron chi connectivity index (χ4n) is 3.64. The summed E-state index contributed by atoms with van der Waals surface area (Å²) >= 11 is 3.52. The summed E-state index contributed by atoms with van der Waals surface area (Å²) in [5.41, 5.74) is 7.17. The second-order valence-corrected chi connectivity index (χ2v) is 7.63. The topological polar surface area (TPSA) is 89.9 Å². The number of nitrogens with zero attached hydrogens (tertiary/aromatic N) is 2. The normalized spacial score (nSPS) is 18.7. The van der Waals surface area contributed by atoms with E-state index in [1.165, 1.54) is 0 Å². The lowest BCUT2D eigenvalue weighted by atomic mass is 9.81. The number of fused-ring (bicyclic) bond motifs is 4. The van der Waals surface area contributed by atoms with Gasteiger partial charge in [-0.05, 0) is 48.5 Å². The highest BCUT2D eigenvalue weighted by molar-refractivity contribution is 9.10. The summed E-state index contributed by atoms with van der Waals surface area (Å²) in [6.07, 6.45) is 0. The summed E-state index contributed by atoms with van der Waals surface area (Å²) in [6.45, 7) is 0.261. The minimum absolute atomic E-state index is 0.130. The van der Waals surface area contributed by atoms with Crippen LogP contribution in [0.3, 0.4) is 0 Å². The first-order valence-corrected chi connectivity index (χ1v) is 9.66. The molecule has 5 rings (SSSR count). The number of rotatable bonds is 2. The SMILES string of the molecule is N#Cc1ccccc1Oc1ccc2c(c1)C1(COC(N)=N1)c1cc(Br)ccc1O2. The summed E-state index contributed by atoms with van der Waals surface area (Å²) in [5, 5.41) is 9.32. The number of ether oxygens (including phenoxy) is 3. The number of hydrogen-bond acceptors (Lipinski definition) is 6. The zero-order valence-electron chi connectivity index (χ0n) is 15.1. The predicted molar refractivity (Wildman–Crippen MR) is 110 cm³/mol. The van der Waals surface area contributed by atoms with Crippen LogP contribution in [0.2, 0.25) is 0 Å². The van der Waals surface area contributed by atoms with Gasteiger partial charge in [-0.15, -0.1) is 0 Å². The Morgan fingerprint density at radius 3 is 2.59 bits per heavy atom. The molecule has 2 heterocycles. The zero-order chi connectivity index (χ0) is 20.0. The van der Waals surface area contributed by atoms with Crippen LogP contribution in [-0.4, -0.2) is 12.6 Å². The van der Waals surface area contributed by atoms with Crippen molar-refractivity contribution in [2.75, 3.05) is 6.61 Å². The van der Waals surface area contributed by atoms with Crippen LogP contribution >= 0.6 is 15.9 Å². The molecule has 2 aliphatic heterocycles. The van der Waals surface area contributed by atoms with Gasteiger partial charge in [0.15, 0.2) is 5.54 Å². The van der Waals surface area contributed by atoms with Gasteiger partial charge in [-0.25, -0.2) is 4.99 Å². The molecule has 1 atom stereocenters. The van der Waals surface area contributed by atoms with Gasteiger partial charge in [-0.1, -0.05) is 28.1 Å². The maximum absolute atomic E-state index is 9.32. The van der Waals surface area contributed by atoms with Crippen molar-refractivity contribution in [2.24, 2.45) is 10.7 Å². The Labute approximate surface area is 175 Å². The molecule has 0 aromatic heterocycles. The first kappa shape index (κ1) is 17.6. The van der Waals surface area contributed by atoms with Crippen molar-refractivity contribution >= 4 is 22.0 Å². The highest BCUT2D eigenvalue weighted by Crippen LogP contribution is 2.52. The molecule has 7 heteroatoms. The third-order valence-corrected chi connectivity index (χ3v) is 5.46. The van der Waals surface area contributed by atoms with Crippen molar-refractivity contribution in [3.8, 4) is 29.1 Å². The highest BCUT2D eigenvalue weighted by Gasteiger charge is 2.47. The number of halogens is 1. The average molecular weight is 448 g/mol. The molecule has 3 aromatic carbocycles. The van der Waals surface area contributed by atoms with E-state index < -0.39 is 5.54 Å². The molecule has 142 valence electrons. The standard InChI is InChI=1S/C22H14BrN3O3/c23-14-5-7-19-16(9-14)22(12-27-21(25)26-22)17-10-15(6-8-20(17)29-19)28-18-4-2-1-3-13(18)11-24/h1-10H,12H2,(H2,25,26). The Balaban J connectivity index is 1.65. The largest absolute Gasteiger partial charge is 0.462 e. The van der Waals surface area contributed by atoms with Crippen molar-refractivity contribution in [2.45, 2.75) is 5.54 Å². The molecule has 0 aliphatic carbocycles. The molecule has 3 aromatic rings. The Kier molecular flexibility index (Phi) is 3.96.